The molecule has 220 valence electrons. The molecule has 0 unspecified atom stereocenters. The molecule has 0 aliphatic carbocycles. The fourth-order valence-corrected chi connectivity index (χ4v) is 5.89. The summed E-state index contributed by atoms with van der Waals surface area (Å²) in [6.45, 7) is 5.91. The highest BCUT2D eigenvalue weighted by molar-refractivity contribution is 5.97. The van der Waals surface area contributed by atoms with E-state index in [4.69, 9.17) is 5.73 Å². The Balaban J connectivity index is 1.46. The fraction of sp³-hybridized carbons (Fsp3) is 0.387. The van der Waals surface area contributed by atoms with Crippen LogP contribution in [0.2, 0.25) is 0 Å². The molecule has 0 spiro atoms. The van der Waals surface area contributed by atoms with Crippen LogP contribution in [-0.4, -0.2) is 70.8 Å². The van der Waals surface area contributed by atoms with E-state index in [0.717, 1.165) is 44.6 Å². The van der Waals surface area contributed by atoms with Gasteiger partial charge in [0.1, 0.15) is 17.3 Å². The number of rotatable bonds is 9. The third-order valence-corrected chi connectivity index (χ3v) is 7.98. The Morgan fingerprint density at radius 2 is 2.05 bits per heavy atom. The number of pyridine rings is 2. The molecule has 0 bridgehead atoms. The Morgan fingerprint density at radius 3 is 2.81 bits per heavy atom. The number of amides is 1. The number of hydrogen-bond donors (Lipinski definition) is 2. The Morgan fingerprint density at radius 1 is 1.21 bits per heavy atom. The predicted molar refractivity (Wildman–Crippen MR) is 164 cm³/mol. The Hall–Kier alpha value is -4.51. The van der Waals surface area contributed by atoms with E-state index in [1.807, 2.05) is 7.05 Å². The molecule has 0 radical (unpaired) electrons. The number of likely N-dealkylation sites (N-methyl/N-ethyl adjacent to an activating group) is 1. The molecule has 1 saturated heterocycles. The summed E-state index contributed by atoms with van der Waals surface area (Å²) in [6.07, 6.45) is 10.4. The maximum Gasteiger partial charge on any atom is 0.276 e. The fourth-order valence-electron chi connectivity index (χ4n) is 5.89. The number of aryl methyl sites for hydroxylation is 3. The summed E-state index contributed by atoms with van der Waals surface area (Å²) in [6, 6.07) is 5.55. The number of nitrogens with two attached hydrogens (primary N) is 1. The summed E-state index contributed by atoms with van der Waals surface area (Å²) in [5, 5.41) is 3.30. The smallest absolute Gasteiger partial charge is 0.276 e. The normalized spacial score (nSPS) is 16.6. The topological polar surface area (TPSA) is 131 Å². The number of aromatic nitrogens is 3. The Bertz CT molecular complexity index is 1620. The van der Waals surface area contributed by atoms with Crippen molar-refractivity contribution in [3.63, 3.8) is 0 Å². The average Bonchev–Trinajstić information content (AvgIpc) is 3.30. The molecule has 3 aromatic rings. The summed E-state index contributed by atoms with van der Waals surface area (Å²) in [5.74, 6) is 0.472. The minimum Gasteiger partial charge on any atom is -0.386 e. The molecule has 3 aromatic heterocycles. The second-order valence-corrected chi connectivity index (χ2v) is 11.0. The van der Waals surface area contributed by atoms with Crippen molar-refractivity contribution >= 4 is 30.0 Å². The number of aldehydes is 1. The standard InChI is InChI=1S/C31H38N8O3/c1-21-14-24-6-4-5-11-39(24)28(21)8-12-38(20-41)30-26(19-40)25(7-9-34-30)22-15-27(31(42)37(3)17-22)35-29(32)16-23-18-36(2)13-10-33-23/h7,9,14-17,19-20,33H,4-6,8,10-13,18H2,1-3H3,(H2,32,35)/b23-16-. The van der Waals surface area contributed by atoms with Crippen LogP contribution in [0.1, 0.15) is 40.2 Å². The first-order valence-corrected chi connectivity index (χ1v) is 14.3. The first-order valence-electron chi connectivity index (χ1n) is 14.3. The third-order valence-electron chi connectivity index (χ3n) is 7.98. The molecule has 11 nitrogen and oxygen atoms in total. The number of anilines is 1. The number of carbonyl (C=O) groups excluding carboxylic acids is 2. The maximum atomic E-state index is 13.0. The summed E-state index contributed by atoms with van der Waals surface area (Å²) in [5.41, 5.74) is 12.1. The van der Waals surface area contributed by atoms with Gasteiger partial charge in [-0.2, -0.15) is 0 Å². The van der Waals surface area contributed by atoms with Gasteiger partial charge in [-0.1, -0.05) is 0 Å². The van der Waals surface area contributed by atoms with E-state index in [1.165, 1.54) is 32.8 Å². The van der Waals surface area contributed by atoms with Crippen molar-refractivity contribution < 1.29 is 9.59 Å². The number of fused-ring (bicyclic) bond motifs is 1. The van der Waals surface area contributed by atoms with Crippen molar-refractivity contribution in [2.75, 3.05) is 38.1 Å². The van der Waals surface area contributed by atoms with Crippen LogP contribution in [0.5, 0.6) is 0 Å². The SMILES string of the molecule is Cc1cc2n(c1CCN(C=O)c1nccc(-c3cc(N=C(N)/C=C4/CN(C)CCN4)c(=O)n(C)c3)c1C=O)CCCC2. The van der Waals surface area contributed by atoms with Crippen molar-refractivity contribution in [3.8, 4) is 11.1 Å². The van der Waals surface area contributed by atoms with Gasteiger partial charge in [-0.25, -0.2) is 9.98 Å². The van der Waals surface area contributed by atoms with Crippen LogP contribution in [0, 0.1) is 6.92 Å². The number of aliphatic imine (C=N–C) groups is 1. The minimum atomic E-state index is -0.323. The van der Waals surface area contributed by atoms with Crippen molar-refractivity contribution in [1.29, 1.82) is 0 Å². The van der Waals surface area contributed by atoms with E-state index in [0.29, 0.717) is 36.9 Å². The van der Waals surface area contributed by atoms with Crippen LogP contribution in [0.3, 0.4) is 0 Å². The van der Waals surface area contributed by atoms with Gasteiger partial charge < -0.3 is 20.2 Å². The molecule has 3 N–H and O–H groups in total. The average molecular weight is 571 g/mol. The molecule has 2 aliphatic heterocycles. The van der Waals surface area contributed by atoms with Gasteiger partial charge >= 0.3 is 0 Å². The van der Waals surface area contributed by atoms with Crippen LogP contribution in [0.4, 0.5) is 11.5 Å². The second kappa shape index (κ2) is 12.6. The zero-order chi connectivity index (χ0) is 29.8. The molecule has 42 heavy (non-hydrogen) atoms. The van der Waals surface area contributed by atoms with Gasteiger partial charge in [0.25, 0.3) is 5.56 Å². The lowest BCUT2D eigenvalue weighted by Gasteiger charge is -2.25. The molecule has 1 amide bonds. The zero-order valence-corrected chi connectivity index (χ0v) is 24.5. The number of nitrogens with one attached hydrogen (secondary N) is 1. The van der Waals surface area contributed by atoms with E-state index in [2.05, 4.69) is 37.8 Å². The van der Waals surface area contributed by atoms with Gasteiger partial charge in [0.15, 0.2) is 6.29 Å². The number of amidine groups is 1. The van der Waals surface area contributed by atoms with Gasteiger partial charge in [-0.15, -0.1) is 0 Å². The van der Waals surface area contributed by atoms with Gasteiger partial charge in [0, 0.05) is 87.3 Å². The molecule has 1 fully saturated rings. The quantitative estimate of drug-likeness (QED) is 0.229. The van der Waals surface area contributed by atoms with E-state index >= 15 is 0 Å². The first kappa shape index (κ1) is 29.0. The van der Waals surface area contributed by atoms with Crippen molar-refractivity contribution in [3.05, 3.63) is 75.2 Å². The molecule has 5 rings (SSSR count). The van der Waals surface area contributed by atoms with Crippen LogP contribution in [0.25, 0.3) is 11.1 Å². The van der Waals surface area contributed by atoms with Crippen molar-refractivity contribution in [2.45, 2.75) is 39.2 Å². The van der Waals surface area contributed by atoms with E-state index < -0.39 is 0 Å². The summed E-state index contributed by atoms with van der Waals surface area (Å²) in [7, 11) is 3.65. The molecule has 11 heteroatoms. The number of carbonyl (C=O) groups is 2. The largest absolute Gasteiger partial charge is 0.386 e. The second-order valence-electron chi connectivity index (χ2n) is 11.0. The number of nitrogens with zero attached hydrogens (tertiary/aromatic N) is 6. The summed E-state index contributed by atoms with van der Waals surface area (Å²) in [4.78, 5) is 50.2. The van der Waals surface area contributed by atoms with E-state index in [1.54, 1.807) is 37.7 Å². The number of piperazine rings is 1. The lowest BCUT2D eigenvalue weighted by Crippen LogP contribution is -2.40. The maximum absolute atomic E-state index is 13.0. The number of hydrogen-bond acceptors (Lipinski definition) is 7. The highest BCUT2D eigenvalue weighted by Gasteiger charge is 2.21. The molecule has 0 atom stereocenters. The van der Waals surface area contributed by atoms with Crippen LogP contribution in [0.15, 0.2) is 52.2 Å². The van der Waals surface area contributed by atoms with E-state index in [-0.39, 0.29) is 28.5 Å². The highest BCUT2D eigenvalue weighted by Crippen LogP contribution is 2.30. The van der Waals surface area contributed by atoms with E-state index in [9.17, 15) is 14.4 Å². The van der Waals surface area contributed by atoms with Crippen LogP contribution < -0.4 is 21.5 Å². The van der Waals surface area contributed by atoms with Gasteiger partial charge in [-0.3, -0.25) is 24.2 Å². The summed E-state index contributed by atoms with van der Waals surface area (Å²) >= 11 is 0. The zero-order valence-electron chi connectivity index (χ0n) is 24.5. The molecule has 5 heterocycles. The molecule has 0 saturated carbocycles. The lowest BCUT2D eigenvalue weighted by atomic mass is 10.0. The Labute approximate surface area is 245 Å². The molecular weight excluding hydrogens is 532 g/mol. The highest BCUT2D eigenvalue weighted by atomic mass is 16.1. The molecule has 2 aliphatic rings. The lowest BCUT2D eigenvalue weighted by molar-refractivity contribution is -0.107. The van der Waals surface area contributed by atoms with Gasteiger partial charge in [-0.05, 0) is 62.6 Å². The Kier molecular flexibility index (Phi) is 8.67. The monoisotopic (exact) mass is 570 g/mol. The van der Waals surface area contributed by atoms with Gasteiger partial charge in [0.2, 0.25) is 6.41 Å². The minimum absolute atomic E-state index is 0.143. The van der Waals surface area contributed by atoms with Crippen molar-refractivity contribution in [1.82, 2.24) is 24.3 Å². The van der Waals surface area contributed by atoms with Crippen LogP contribution >= 0.6 is 0 Å². The van der Waals surface area contributed by atoms with Crippen molar-refractivity contribution in [2.24, 2.45) is 17.8 Å². The first-order chi connectivity index (χ1) is 20.3. The third kappa shape index (κ3) is 6.06. The predicted octanol–water partition coefficient (Wildman–Crippen LogP) is 2.32. The summed E-state index contributed by atoms with van der Waals surface area (Å²) < 4.78 is 3.77. The molecule has 0 aromatic carbocycles. The van der Waals surface area contributed by atoms with Gasteiger partial charge in [0.05, 0.1) is 5.56 Å². The molecular formula is C31H38N8O3. The van der Waals surface area contributed by atoms with Crippen LogP contribution in [-0.2, 0) is 31.2 Å².